The lowest BCUT2D eigenvalue weighted by atomic mass is 10.0. The van der Waals surface area contributed by atoms with Crippen LogP contribution in [0.3, 0.4) is 0 Å². The van der Waals surface area contributed by atoms with E-state index in [0.717, 1.165) is 5.56 Å². The number of rotatable bonds is 8. The standard InChI is InChI=1S/C23H26FN3O5/c1-14(28)9-22(30)26-11-16-3-5-17(6-4-16)20-8-7-18(10-21(20)24)27-13-19(32-23(27)31)12-25-15(2)29/h3-8,10,14,19,28H,9,11-13H2,1-2H3,(H,25,29)(H,26,30). The van der Waals surface area contributed by atoms with E-state index in [1.54, 1.807) is 43.3 Å². The number of aliphatic hydroxyl groups excluding tert-OH is 1. The van der Waals surface area contributed by atoms with Gasteiger partial charge in [0.25, 0.3) is 0 Å². The molecule has 1 aliphatic heterocycles. The number of ether oxygens (including phenoxy) is 1. The van der Waals surface area contributed by atoms with E-state index in [9.17, 15) is 23.9 Å². The van der Waals surface area contributed by atoms with Crippen molar-refractivity contribution in [2.75, 3.05) is 18.0 Å². The molecular weight excluding hydrogens is 417 g/mol. The Morgan fingerprint density at radius 1 is 1.22 bits per heavy atom. The highest BCUT2D eigenvalue weighted by molar-refractivity contribution is 5.90. The Bertz CT molecular complexity index is 994. The number of amides is 3. The molecule has 8 nitrogen and oxygen atoms in total. The van der Waals surface area contributed by atoms with Gasteiger partial charge in [0.2, 0.25) is 11.8 Å². The van der Waals surface area contributed by atoms with Crippen LogP contribution in [0, 0.1) is 5.82 Å². The predicted octanol–water partition coefficient (Wildman–Crippen LogP) is 2.34. The summed E-state index contributed by atoms with van der Waals surface area (Å²) in [4.78, 5) is 36.1. The van der Waals surface area contributed by atoms with Crippen molar-refractivity contribution in [3.8, 4) is 11.1 Å². The largest absolute Gasteiger partial charge is 0.442 e. The number of benzene rings is 2. The van der Waals surface area contributed by atoms with Gasteiger partial charge in [-0.05, 0) is 36.2 Å². The molecule has 0 saturated carbocycles. The molecule has 0 aliphatic carbocycles. The zero-order valence-corrected chi connectivity index (χ0v) is 17.9. The molecule has 3 rings (SSSR count). The molecule has 1 fully saturated rings. The third-order valence-corrected chi connectivity index (χ3v) is 4.95. The molecular formula is C23H26FN3O5. The van der Waals surface area contributed by atoms with Crippen molar-refractivity contribution in [2.45, 2.75) is 39.0 Å². The fourth-order valence-corrected chi connectivity index (χ4v) is 3.35. The maximum atomic E-state index is 14.8. The van der Waals surface area contributed by atoms with Crippen molar-refractivity contribution in [1.29, 1.82) is 0 Å². The monoisotopic (exact) mass is 443 g/mol. The summed E-state index contributed by atoms with van der Waals surface area (Å²) in [6, 6.07) is 11.6. The number of nitrogens with zero attached hydrogens (tertiary/aromatic N) is 1. The summed E-state index contributed by atoms with van der Waals surface area (Å²) >= 11 is 0. The van der Waals surface area contributed by atoms with Gasteiger partial charge in [0.05, 0.1) is 31.3 Å². The van der Waals surface area contributed by atoms with E-state index in [-0.39, 0.29) is 31.3 Å². The van der Waals surface area contributed by atoms with Crippen LogP contribution in [0.15, 0.2) is 42.5 Å². The number of hydrogen-bond acceptors (Lipinski definition) is 5. The minimum Gasteiger partial charge on any atom is -0.442 e. The van der Waals surface area contributed by atoms with E-state index < -0.39 is 24.1 Å². The number of anilines is 1. The first-order valence-electron chi connectivity index (χ1n) is 10.3. The van der Waals surface area contributed by atoms with Crippen LogP contribution in [-0.2, 0) is 20.9 Å². The summed E-state index contributed by atoms with van der Waals surface area (Å²) in [6.45, 7) is 3.65. The number of aliphatic hydroxyl groups is 1. The Balaban J connectivity index is 1.64. The average Bonchev–Trinajstić information content (AvgIpc) is 3.11. The van der Waals surface area contributed by atoms with Crippen LogP contribution in [-0.4, -0.2) is 48.3 Å². The predicted molar refractivity (Wildman–Crippen MR) is 116 cm³/mol. The Labute approximate surface area is 185 Å². The molecule has 170 valence electrons. The summed E-state index contributed by atoms with van der Waals surface area (Å²) in [7, 11) is 0. The van der Waals surface area contributed by atoms with Crippen molar-refractivity contribution in [1.82, 2.24) is 10.6 Å². The maximum Gasteiger partial charge on any atom is 0.414 e. The molecule has 3 amide bonds. The van der Waals surface area contributed by atoms with Crippen LogP contribution in [0.25, 0.3) is 11.1 Å². The zero-order chi connectivity index (χ0) is 23.3. The molecule has 3 N–H and O–H groups in total. The third kappa shape index (κ3) is 6.04. The van der Waals surface area contributed by atoms with E-state index in [0.29, 0.717) is 23.4 Å². The Morgan fingerprint density at radius 3 is 2.56 bits per heavy atom. The van der Waals surface area contributed by atoms with E-state index in [1.165, 1.54) is 17.9 Å². The molecule has 0 bridgehead atoms. The van der Waals surface area contributed by atoms with Gasteiger partial charge in [-0.3, -0.25) is 14.5 Å². The second kappa shape index (κ2) is 10.2. The first kappa shape index (κ1) is 23.2. The molecule has 32 heavy (non-hydrogen) atoms. The lowest BCUT2D eigenvalue weighted by Gasteiger charge is -2.15. The van der Waals surface area contributed by atoms with Crippen molar-refractivity contribution < 1.29 is 28.6 Å². The first-order valence-corrected chi connectivity index (χ1v) is 10.3. The number of cyclic esters (lactones) is 1. The zero-order valence-electron chi connectivity index (χ0n) is 17.9. The van der Waals surface area contributed by atoms with Gasteiger partial charge < -0.3 is 20.5 Å². The summed E-state index contributed by atoms with van der Waals surface area (Å²) < 4.78 is 20.0. The first-order chi connectivity index (χ1) is 15.2. The maximum absolute atomic E-state index is 14.8. The Morgan fingerprint density at radius 2 is 1.94 bits per heavy atom. The SMILES string of the molecule is CC(=O)NCC1CN(c2ccc(-c3ccc(CNC(=O)CC(C)O)cc3)c(F)c2)C(=O)O1. The lowest BCUT2D eigenvalue weighted by Crippen LogP contribution is -2.33. The quantitative estimate of drug-likeness (QED) is 0.581. The summed E-state index contributed by atoms with van der Waals surface area (Å²) in [5.74, 6) is -0.952. The Kier molecular flexibility index (Phi) is 7.42. The smallest absolute Gasteiger partial charge is 0.414 e. The molecule has 0 aromatic heterocycles. The number of carbonyl (C=O) groups is 3. The molecule has 2 unspecified atom stereocenters. The highest BCUT2D eigenvalue weighted by Crippen LogP contribution is 2.29. The summed E-state index contributed by atoms with van der Waals surface area (Å²) in [5.41, 5.74) is 2.25. The minimum atomic E-state index is -0.700. The number of carbonyl (C=O) groups excluding carboxylic acids is 3. The van der Waals surface area contributed by atoms with Crippen molar-refractivity contribution >= 4 is 23.6 Å². The van der Waals surface area contributed by atoms with E-state index in [2.05, 4.69) is 10.6 Å². The van der Waals surface area contributed by atoms with E-state index in [1.807, 2.05) is 0 Å². The third-order valence-electron chi connectivity index (χ3n) is 4.95. The number of halogens is 1. The molecule has 9 heteroatoms. The molecule has 0 radical (unpaired) electrons. The van der Waals surface area contributed by atoms with Crippen LogP contribution < -0.4 is 15.5 Å². The van der Waals surface area contributed by atoms with Crippen molar-refractivity contribution in [2.24, 2.45) is 0 Å². The fourth-order valence-electron chi connectivity index (χ4n) is 3.35. The van der Waals surface area contributed by atoms with Gasteiger partial charge in [-0.25, -0.2) is 9.18 Å². The highest BCUT2D eigenvalue weighted by atomic mass is 19.1. The van der Waals surface area contributed by atoms with Gasteiger partial charge in [0.1, 0.15) is 11.9 Å². The molecule has 2 aromatic rings. The topological polar surface area (TPSA) is 108 Å². The molecule has 2 atom stereocenters. The van der Waals surface area contributed by atoms with Crippen LogP contribution in [0.2, 0.25) is 0 Å². The summed E-state index contributed by atoms with van der Waals surface area (Å²) in [6.07, 6.45) is -1.75. The molecule has 2 aromatic carbocycles. The van der Waals surface area contributed by atoms with Gasteiger partial charge in [0, 0.05) is 19.0 Å². The molecule has 1 saturated heterocycles. The normalized spacial score (nSPS) is 16.4. The van der Waals surface area contributed by atoms with Gasteiger partial charge in [-0.1, -0.05) is 24.3 Å². The lowest BCUT2D eigenvalue weighted by molar-refractivity contribution is -0.123. The second-order valence-corrected chi connectivity index (χ2v) is 7.74. The van der Waals surface area contributed by atoms with Crippen LogP contribution in [0.5, 0.6) is 0 Å². The van der Waals surface area contributed by atoms with Gasteiger partial charge in [-0.2, -0.15) is 0 Å². The molecule has 1 aliphatic rings. The fraction of sp³-hybridized carbons (Fsp3) is 0.348. The van der Waals surface area contributed by atoms with Crippen molar-refractivity contribution in [3.05, 3.63) is 53.8 Å². The Hall–Kier alpha value is -3.46. The molecule has 1 heterocycles. The van der Waals surface area contributed by atoms with Crippen molar-refractivity contribution in [3.63, 3.8) is 0 Å². The van der Waals surface area contributed by atoms with Gasteiger partial charge in [0.15, 0.2) is 0 Å². The van der Waals surface area contributed by atoms with Gasteiger partial charge >= 0.3 is 6.09 Å². The van der Waals surface area contributed by atoms with E-state index >= 15 is 0 Å². The van der Waals surface area contributed by atoms with Crippen LogP contribution >= 0.6 is 0 Å². The second-order valence-electron chi connectivity index (χ2n) is 7.74. The van der Waals surface area contributed by atoms with E-state index in [4.69, 9.17) is 4.74 Å². The minimum absolute atomic E-state index is 0.0359. The number of nitrogens with one attached hydrogen (secondary N) is 2. The van der Waals surface area contributed by atoms with Crippen LogP contribution in [0.4, 0.5) is 14.9 Å². The summed E-state index contributed by atoms with van der Waals surface area (Å²) in [5, 5.41) is 14.5. The molecule has 0 spiro atoms. The number of hydrogen-bond donors (Lipinski definition) is 3. The van der Waals surface area contributed by atoms with Gasteiger partial charge in [-0.15, -0.1) is 0 Å². The average molecular weight is 443 g/mol. The van der Waals surface area contributed by atoms with Crippen LogP contribution in [0.1, 0.15) is 25.8 Å². The highest BCUT2D eigenvalue weighted by Gasteiger charge is 2.32.